The highest BCUT2D eigenvalue weighted by Crippen LogP contribution is 2.38. The standard InChI is InChI=1S/C12H9ClFIN2O/c13-10-7(16)5-8(17)12(11(10)14)18-9-4-2-1-3-6(9)15/h1-5H,16-17H2. The first-order valence-corrected chi connectivity index (χ1v) is 6.41. The van der Waals surface area contributed by atoms with Crippen LogP contribution < -0.4 is 16.2 Å². The molecule has 0 bridgehead atoms. The van der Waals surface area contributed by atoms with Crippen LogP contribution in [0.5, 0.6) is 11.5 Å². The lowest BCUT2D eigenvalue weighted by Gasteiger charge is -2.12. The van der Waals surface area contributed by atoms with Gasteiger partial charge in [0.2, 0.25) is 0 Å². The summed E-state index contributed by atoms with van der Waals surface area (Å²) in [6.45, 7) is 0. The molecule has 0 amide bonds. The molecule has 0 radical (unpaired) electrons. The van der Waals surface area contributed by atoms with E-state index in [4.69, 9.17) is 27.8 Å². The molecule has 2 aromatic rings. The average Bonchev–Trinajstić information content (AvgIpc) is 2.34. The van der Waals surface area contributed by atoms with Gasteiger partial charge in [-0.05, 0) is 40.8 Å². The lowest BCUT2D eigenvalue weighted by atomic mass is 10.2. The van der Waals surface area contributed by atoms with E-state index in [1.54, 1.807) is 12.1 Å². The molecule has 6 heteroatoms. The third-order valence-electron chi connectivity index (χ3n) is 2.27. The molecule has 0 aliphatic carbocycles. The van der Waals surface area contributed by atoms with Gasteiger partial charge in [-0.2, -0.15) is 0 Å². The lowest BCUT2D eigenvalue weighted by Crippen LogP contribution is -2.00. The number of ether oxygens (including phenoxy) is 1. The smallest absolute Gasteiger partial charge is 0.188 e. The lowest BCUT2D eigenvalue weighted by molar-refractivity contribution is 0.442. The first-order valence-electron chi connectivity index (χ1n) is 4.96. The molecule has 2 aromatic carbocycles. The molecule has 0 saturated carbocycles. The number of nitrogen functional groups attached to an aromatic ring is 2. The van der Waals surface area contributed by atoms with Gasteiger partial charge in [-0.3, -0.25) is 0 Å². The zero-order valence-corrected chi connectivity index (χ0v) is 12.0. The van der Waals surface area contributed by atoms with Crippen LogP contribution >= 0.6 is 34.2 Å². The minimum Gasteiger partial charge on any atom is -0.451 e. The molecular weight excluding hydrogens is 370 g/mol. The number of para-hydroxylation sites is 1. The van der Waals surface area contributed by atoms with Crippen molar-refractivity contribution in [1.29, 1.82) is 0 Å². The largest absolute Gasteiger partial charge is 0.451 e. The van der Waals surface area contributed by atoms with E-state index >= 15 is 0 Å². The van der Waals surface area contributed by atoms with Crippen molar-refractivity contribution in [3.8, 4) is 11.5 Å². The number of rotatable bonds is 2. The molecule has 0 atom stereocenters. The highest BCUT2D eigenvalue weighted by Gasteiger charge is 2.17. The van der Waals surface area contributed by atoms with Gasteiger partial charge in [0, 0.05) is 0 Å². The van der Waals surface area contributed by atoms with Crippen LogP contribution in [0.2, 0.25) is 5.02 Å². The van der Waals surface area contributed by atoms with Crippen LogP contribution in [-0.2, 0) is 0 Å². The topological polar surface area (TPSA) is 61.3 Å². The molecule has 0 aliphatic rings. The van der Waals surface area contributed by atoms with Crippen molar-refractivity contribution >= 4 is 45.6 Å². The molecular formula is C12H9ClFIN2O. The van der Waals surface area contributed by atoms with Crippen molar-refractivity contribution in [3.63, 3.8) is 0 Å². The second-order valence-corrected chi connectivity index (χ2v) is 5.08. The van der Waals surface area contributed by atoms with Crippen LogP contribution in [0.3, 0.4) is 0 Å². The molecule has 0 aliphatic heterocycles. The molecule has 0 spiro atoms. The summed E-state index contributed by atoms with van der Waals surface area (Å²) in [6.07, 6.45) is 0. The summed E-state index contributed by atoms with van der Waals surface area (Å²) in [5.41, 5.74) is 11.4. The normalized spacial score (nSPS) is 10.4. The molecule has 18 heavy (non-hydrogen) atoms. The Labute approximate surface area is 122 Å². The van der Waals surface area contributed by atoms with Crippen molar-refractivity contribution in [3.05, 3.63) is 44.7 Å². The van der Waals surface area contributed by atoms with Crippen LogP contribution in [0.1, 0.15) is 0 Å². The number of benzene rings is 2. The van der Waals surface area contributed by atoms with Gasteiger partial charge in [-0.15, -0.1) is 0 Å². The minimum atomic E-state index is -0.756. The second-order valence-electron chi connectivity index (χ2n) is 3.54. The van der Waals surface area contributed by atoms with Gasteiger partial charge < -0.3 is 16.2 Å². The van der Waals surface area contributed by atoms with Crippen LogP contribution in [0.15, 0.2) is 30.3 Å². The van der Waals surface area contributed by atoms with Crippen molar-refractivity contribution in [2.45, 2.75) is 0 Å². The summed E-state index contributed by atoms with van der Waals surface area (Å²) in [6, 6.07) is 8.55. The first-order chi connectivity index (χ1) is 8.50. The Balaban J connectivity index is 2.47. The van der Waals surface area contributed by atoms with E-state index in [0.29, 0.717) is 5.75 Å². The van der Waals surface area contributed by atoms with Crippen molar-refractivity contribution in [2.24, 2.45) is 0 Å². The van der Waals surface area contributed by atoms with Crippen molar-refractivity contribution < 1.29 is 9.13 Å². The number of hydrogen-bond acceptors (Lipinski definition) is 3. The Morgan fingerprint density at radius 3 is 2.50 bits per heavy atom. The van der Waals surface area contributed by atoms with E-state index in [-0.39, 0.29) is 22.1 Å². The summed E-state index contributed by atoms with van der Waals surface area (Å²) in [4.78, 5) is 0. The number of anilines is 2. The average molecular weight is 379 g/mol. The van der Waals surface area contributed by atoms with E-state index in [0.717, 1.165) is 3.57 Å². The van der Waals surface area contributed by atoms with E-state index < -0.39 is 5.82 Å². The van der Waals surface area contributed by atoms with Crippen LogP contribution in [0.25, 0.3) is 0 Å². The highest BCUT2D eigenvalue weighted by molar-refractivity contribution is 14.1. The third kappa shape index (κ3) is 2.46. The molecule has 4 N–H and O–H groups in total. The molecule has 0 heterocycles. The molecule has 2 rings (SSSR count). The van der Waals surface area contributed by atoms with E-state index in [9.17, 15) is 4.39 Å². The van der Waals surface area contributed by atoms with Crippen LogP contribution in [0.4, 0.5) is 15.8 Å². The molecule has 0 aromatic heterocycles. The maximum atomic E-state index is 13.9. The van der Waals surface area contributed by atoms with Crippen molar-refractivity contribution in [1.82, 2.24) is 0 Å². The van der Waals surface area contributed by atoms with Gasteiger partial charge >= 0.3 is 0 Å². The Morgan fingerprint density at radius 2 is 1.83 bits per heavy atom. The molecule has 3 nitrogen and oxygen atoms in total. The fourth-order valence-electron chi connectivity index (χ4n) is 1.39. The summed E-state index contributed by atoms with van der Waals surface area (Å²) < 4.78 is 20.2. The number of hydrogen-bond donors (Lipinski definition) is 2. The van der Waals surface area contributed by atoms with Gasteiger partial charge in [-0.25, -0.2) is 4.39 Å². The molecule has 0 fully saturated rings. The van der Waals surface area contributed by atoms with E-state index in [2.05, 4.69) is 22.6 Å². The quantitative estimate of drug-likeness (QED) is 0.612. The summed E-state index contributed by atoms with van der Waals surface area (Å²) in [7, 11) is 0. The van der Waals surface area contributed by atoms with Crippen molar-refractivity contribution in [2.75, 3.05) is 11.5 Å². The van der Waals surface area contributed by atoms with Crippen LogP contribution in [0, 0.1) is 9.39 Å². The fraction of sp³-hybridized carbons (Fsp3) is 0. The van der Waals surface area contributed by atoms with Gasteiger partial charge in [0.25, 0.3) is 0 Å². The summed E-state index contributed by atoms with van der Waals surface area (Å²) >= 11 is 7.80. The number of halogens is 3. The van der Waals surface area contributed by atoms with Gasteiger partial charge in [0.15, 0.2) is 11.6 Å². The SMILES string of the molecule is Nc1cc(N)c(Oc2ccccc2I)c(F)c1Cl. The zero-order chi connectivity index (χ0) is 13.3. The van der Waals surface area contributed by atoms with E-state index in [1.165, 1.54) is 6.07 Å². The zero-order valence-electron chi connectivity index (χ0n) is 9.08. The maximum Gasteiger partial charge on any atom is 0.188 e. The molecule has 0 unspecified atom stereocenters. The summed E-state index contributed by atoms with van der Waals surface area (Å²) in [5.74, 6) is -0.364. The monoisotopic (exact) mass is 378 g/mol. The van der Waals surface area contributed by atoms with Gasteiger partial charge in [0.1, 0.15) is 10.8 Å². The predicted molar refractivity (Wildman–Crippen MR) is 79.5 cm³/mol. The Bertz CT molecular complexity index is 607. The summed E-state index contributed by atoms with van der Waals surface area (Å²) in [5, 5.41) is -0.190. The van der Waals surface area contributed by atoms with Crippen LogP contribution in [-0.4, -0.2) is 0 Å². The fourth-order valence-corrected chi connectivity index (χ4v) is 2.03. The maximum absolute atomic E-state index is 13.9. The third-order valence-corrected chi connectivity index (χ3v) is 3.54. The number of nitrogens with two attached hydrogens (primary N) is 2. The Kier molecular flexibility index (Phi) is 3.82. The Morgan fingerprint density at radius 1 is 1.17 bits per heavy atom. The highest BCUT2D eigenvalue weighted by atomic mass is 127. The van der Waals surface area contributed by atoms with Gasteiger partial charge in [0.05, 0.1) is 14.9 Å². The first kappa shape index (κ1) is 13.2. The Hall–Kier alpha value is -1.21. The second kappa shape index (κ2) is 5.19. The van der Waals surface area contributed by atoms with Gasteiger partial charge in [-0.1, -0.05) is 23.7 Å². The minimum absolute atomic E-state index is 0.0850. The predicted octanol–water partition coefficient (Wildman–Crippen LogP) is 4.04. The molecule has 0 saturated heterocycles. The van der Waals surface area contributed by atoms with E-state index in [1.807, 2.05) is 12.1 Å². The molecule has 94 valence electrons.